The lowest BCUT2D eigenvalue weighted by Crippen LogP contribution is -2.33. The lowest BCUT2D eigenvalue weighted by molar-refractivity contribution is -0.124. The molecule has 1 saturated carbocycles. The van der Waals surface area contributed by atoms with Crippen LogP contribution in [0.5, 0.6) is 0 Å². The monoisotopic (exact) mass is 436 g/mol. The second kappa shape index (κ2) is 9.45. The molecule has 166 valence electrons. The van der Waals surface area contributed by atoms with Gasteiger partial charge in [0.15, 0.2) is 11.6 Å². The predicted octanol–water partition coefficient (Wildman–Crippen LogP) is 4.93. The van der Waals surface area contributed by atoms with E-state index in [2.05, 4.69) is 34.1 Å². The van der Waals surface area contributed by atoms with E-state index in [9.17, 15) is 9.59 Å². The van der Waals surface area contributed by atoms with Crippen LogP contribution in [0.25, 0.3) is 0 Å². The van der Waals surface area contributed by atoms with Gasteiger partial charge in [-0.3, -0.25) is 9.59 Å². The fraction of sp³-hybridized carbons (Fsp3) is 0.241. The first-order chi connectivity index (χ1) is 16.2. The number of hydrogen-bond acceptors (Lipinski definition) is 4. The summed E-state index contributed by atoms with van der Waals surface area (Å²) in [7, 11) is 0. The Balaban J connectivity index is 1.48. The topological polar surface area (TPSA) is 40.6 Å². The Labute approximate surface area is 195 Å². The van der Waals surface area contributed by atoms with Crippen molar-refractivity contribution in [3.63, 3.8) is 0 Å². The second-order valence-electron chi connectivity index (χ2n) is 8.88. The minimum absolute atomic E-state index is 0.0341. The zero-order valence-corrected chi connectivity index (χ0v) is 18.7. The van der Waals surface area contributed by atoms with Crippen LogP contribution in [0.4, 0.5) is 0 Å². The van der Waals surface area contributed by atoms with Crippen molar-refractivity contribution in [1.29, 1.82) is 0 Å². The molecule has 0 N–H and O–H groups in total. The molecule has 1 aliphatic heterocycles. The van der Waals surface area contributed by atoms with Gasteiger partial charge >= 0.3 is 0 Å². The Kier molecular flexibility index (Phi) is 6.07. The van der Waals surface area contributed by atoms with Gasteiger partial charge in [-0.05, 0) is 22.6 Å². The maximum Gasteiger partial charge on any atom is 0.170 e. The lowest BCUT2D eigenvalue weighted by Gasteiger charge is -2.30. The highest BCUT2D eigenvalue weighted by molar-refractivity contribution is 6.22. The van der Waals surface area contributed by atoms with Crippen molar-refractivity contribution < 1.29 is 9.59 Å². The molecule has 3 aromatic rings. The smallest absolute Gasteiger partial charge is 0.170 e. The molecular weight excluding hydrogens is 408 g/mol. The average Bonchev–Trinajstić information content (AvgIpc) is 3.22. The van der Waals surface area contributed by atoms with E-state index in [1.54, 1.807) is 0 Å². The number of hydrogen-bond donors (Lipinski definition) is 0. The molecule has 3 aromatic carbocycles. The van der Waals surface area contributed by atoms with Crippen LogP contribution in [0.15, 0.2) is 102 Å². The van der Waals surface area contributed by atoms with Gasteiger partial charge in [-0.15, -0.1) is 0 Å². The van der Waals surface area contributed by atoms with Crippen LogP contribution in [0.2, 0.25) is 0 Å². The average molecular weight is 437 g/mol. The third-order valence-electron chi connectivity index (χ3n) is 6.59. The number of nitrogens with zero attached hydrogens (tertiary/aromatic N) is 2. The van der Waals surface area contributed by atoms with E-state index < -0.39 is 0 Å². The van der Waals surface area contributed by atoms with E-state index in [-0.39, 0.29) is 17.5 Å². The van der Waals surface area contributed by atoms with E-state index >= 15 is 0 Å². The second-order valence-corrected chi connectivity index (χ2v) is 8.88. The largest absolute Gasteiger partial charge is 0.351 e. The van der Waals surface area contributed by atoms with Crippen LogP contribution < -0.4 is 0 Å². The van der Waals surface area contributed by atoms with Crippen molar-refractivity contribution in [3.05, 3.63) is 119 Å². The number of carbonyl (C=O) groups is 2. The van der Waals surface area contributed by atoms with Gasteiger partial charge in [-0.1, -0.05) is 91.0 Å². The fourth-order valence-corrected chi connectivity index (χ4v) is 4.97. The van der Waals surface area contributed by atoms with E-state index in [0.29, 0.717) is 31.5 Å². The van der Waals surface area contributed by atoms with E-state index in [1.807, 2.05) is 66.7 Å². The third-order valence-corrected chi connectivity index (χ3v) is 6.59. The third kappa shape index (κ3) is 4.61. The summed E-state index contributed by atoms with van der Waals surface area (Å²) in [5, 5.41) is 0. The SMILES string of the molecule is O=C1CC(c2ccccc2)CC(=O)C1=C1N(Cc2ccccc2)CCN1Cc1ccccc1. The molecule has 0 bridgehead atoms. The predicted molar refractivity (Wildman–Crippen MR) is 129 cm³/mol. The van der Waals surface area contributed by atoms with E-state index in [0.717, 1.165) is 24.5 Å². The van der Waals surface area contributed by atoms with Crippen LogP contribution in [0, 0.1) is 0 Å². The summed E-state index contributed by atoms with van der Waals surface area (Å²) in [6.07, 6.45) is 0.764. The molecule has 5 rings (SSSR count). The molecule has 4 nitrogen and oxygen atoms in total. The zero-order valence-electron chi connectivity index (χ0n) is 18.7. The van der Waals surface area contributed by atoms with Crippen molar-refractivity contribution in [2.75, 3.05) is 13.1 Å². The van der Waals surface area contributed by atoms with Crippen molar-refractivity contribution in [1.82, 2.24) is 9.80 Å². The Morgan fingerprint density at radius 1 is 0.606 bits per heavy atom. The highest BCUT2D eigenvalue weighted by atomic mass is 16.2. The first-order valence-corrected chi connectivity index (χ1v) is 11.6. The van der Waals surface area contributed by atoms with Crippen molar-refractivity contribution in [2.24, 2.45) is 0 Å². The zero-order chi connectivity index (χ0) is 22.6. The minimum atomic E-state index is -0.0397. The van der Waals surface area contributed by atoms with Gasteiger partial charge in [0.2, 0.25) is 0 Å². The maximum atomic E-state index is 13.4. The standard InChI is InChI=1S/C29H28N2O2/c32-26-18-25(24-14-8-3-9-15-24)19-27(33)28(26)29-30(20-22-10-4-1-5-11-22)16-17-31(29)21-23-12-6-2-7-13-23/h1-15,25H,16-21H2. The first kappa shape index (κ1) is 21.2. The highest BCUT2D eigenvalue weighted by Crippen LogP contribution is 2.36. The summed E-state index contributed by atoms with van der Waals surface area (Å²) >= 11 is 0. The highest BCUT2D eigenvalue weighted by Gasteiger charge is 2.38. The molecule has 0 unspecified atom stereocenters. The summed E-state index contributed by atoms with van der Waals surface area (Å²) in [6, 6.07) is 30.4. The number of rotatable bonds is 5. The molecule has 0 atom stereocenters. The van der Waals surface area contributed by atoms with Crippen LogP contribution in [-0.4, -0.2) is 34.5 Å². The van der Waals surface area contributed by atoms with Gasteiger partial charge in [0, 0.05) is 39.0 Å². The van der Waals surface area contributed by atoms with Gasteiger partial charge in [-0.25, -0.2) is 0 Å². The number of Topliss-reactive ketones (excluding diaryl/α,β-unsaturated/α-hetero) is 2. The van der Waals surface area contributed by atoms with E-state index in [4.69, 9.17) is 0 Å². The molecule has 1 aliphatic carbocycles. The maximum absolute atomic E-state index is 13.4. The molecule has 2 fully saturated rings. The number of ketones is 2. The summed E-state index contributed by atoms with van der Waals surface area (Å²) in [5.74, 6) is 0.701. The Bertz CT molecular complexity index is 1080. The summed E-state index contributed by atoms with van der Waals surface area (Å²) < 4.78 is 0. The van der Waals surface area contributed by atoms with Crippen molar-refractivity contribution in [3.8, 4) is 0 Å². The Morgan fingerprint density at radius 3 is 1.48 bits per heavy atom. The van der Waals surface area contributed by atoms with Crippen LogP contribution >= 0.6 is 0 Å². The normalized spacial score (nSPS) is 18.8. The van der Waals surface area contributed by atoms with Crippen LogP contribution in [0.1, 0.15) is 35.4 Å². The quantitative estimate of drug-likeness (QED) is 0.420. The number of carbonyl (C=O) groups excluding carboxylic acids is 2. The molecule has 0 amide bonds. The van der Waals surface area contributed by atoms with Crippen LogP contribution in [0.3, 0.4) is 0 Å². The van der Waals surface area contributed by atoms with E-state index in [1.165, 1.54) is 11.1 Å². The molecule has 0 spiro atoms. The van der Waals surface area contributed by atoms with Gasteiger partial charge in [0.1, 0.15) is 11.4 Å². The molecular formula is C29H28N2O2. The molecule has 0 aromatic heterocycles. The Morgan fingerprint density at radius 2 is 1.03 bits per heavy atom. The number of benzene rings is 3. The summed E-state index contributed by atoms with van der Waals surface area (Å²) in [6.45, 7) is 2.97. The molecule has 1 heterocycles. The summed E-state index contributed by atoms with van der Waals surface area (Å²) in [4.78, 5) is 31.3. The summed E-state index contributed by atoms with van der Waals surface area (Å²) in [5.41, 5.74) is 3.81. The first-order valence-electron chi connectivity index (χ1n) is 11.6. The molecule has 0 radical (unpaired) electrons. The van der Waals surface area contributed by atoms with Crippen LogP contribution in [-0.2, 0) is 22.7 Å². The molecule has 4 heteroatoms. The lowest BCUT2D eigenvalue weighted by atomic mass is 9.79. The van der Waals surface area contributed by atoms with Gasteiger partial charge < -0.3 is 9.80 Å². The van der Waals surface area contributed by atoms with Gasteiger partial charge in [-0.2, -0.15) is 0 Å². The van der Waals surface area contributed by atoms with Gasteiger partial charge in [0.05, 0.1) is 0 Å². The fourth-order valence-electron chi connectivity index (χ4n) is 4.97. The van der Waals surface area contributed by atoms with Gasteiger partial charge in [0.25, 0.3) is 0 Å². The molecule has 1 saturated heterocycles. The minimum Gasteiger partial charge on any atom is -0.351 e. The van der Waals surface area contributed by atoms with Crippen molar-refractivity contribution >= 4 is 11.6 Å². The number of allylic oxidation sites excluding steroid dienone is 1. The Hall–Kier alpha value is -3.66. The molecule has 2 aliphatic rings. The van der Waals surface area contributed by atoms with Crippen molar-refractivity contribution in [2.45, 2.75) is 31.8 Å². The molecule has 33 heavy (non-hydrogen) atoms.